The van der Waals surface area contributed by atoms with Crippen LogP contribution in [0.5, 0.6) is 5.75 Å². The van der Waals surface area contributed by atoms with Crippen LogP contribution in [0.2, 0.25) is 0 Å². The molecule has 2 atom stereocenters. The second-order valence-electron chi connectivity index (χ2n) is 12.4. The summed E-state index contributed by atoms with van der Waals surface area (Å²) >= 11 is 0. The van der Waals surface area contributed by atoms with Crippen LogP contribution in [0.3, 0.4) is 0 Å². The van der Waals surface area contributed by atoms with Gasteiger partial charge in [-0.25, -0.2) is 4.79 Å². The number of rotatable bonds is 9. The van der Waals surface area contributed by atoms with E-state index in [1.807, 2.05) is 77.9 Å². The van der Waals surface area contributed by atoms with Gasteiger partial charge in [0.15, 0.2) is 0 Å². The molecule has 3 N–H and O–H groups in total. The summed E-state index contributed by atoms with van der Waals surface area (Å²) in [6, 6.07) is 15.6. The zero-order chi connectivity index (χ0) is 32.1. The average molecular weight is 588 g/mol. The van der Waals surface area contributed by atoms with Crippen LogP contribution in [0.15, 0.2) is 60.7 Å². The SMILES string of the molecule is Cc1ccc(C(C(=O)Nc2c(C)cccc2C)N(C(=O)C(Cc2ccc(O)cc2)NC(=O)OC(C)(C)C)C(C)C)c(C)c1. The van der Waals surface area contributed by atoms with Crippen molar-refractivity contribution in [3.05, 3.63) is 94.0 Å². The number of aryl methyl sites for hydroxylation is 4. The number of carbonyl (C=O) groups is 3. The number of anilines is 1. The fraction of sp³-hybridized carbons (Fsp3) is 0.400. The Morgan fingerprint density at radius 2 is 1.49 bits per heavy atom. The van der Waals surface area contributed by atoms with Gasteiger partial charge in [-0.15, -0.1) is 0 Å². The number of para-hydroxylation sites is 1. The monoisotopic (exact) mass is 587 g/mol. The number of alkyl carbamates (subject to hydrolysis) is 1. The highest BCUT2D eigenvalue weighted by atomic mass is 16.6. The number of carbonyl (C=O) groups excluding carboxylic acids is 3. The fourth-order valence-electron chi connectivity index (χ4n) is 5.13. The van der Waals surface area contributed by atoms with E-state index in [0.29, 0.717) is 11.3 Å². The smallest absolute Gasteiger partial charge is 0.408 e. The van der Waals surface area contributed by atoms with E-state index in [-0.39, 0.29) is 18.1 Å². The van der Waals surface area contributed by atoms with Crippen LogP contribution in [-0.2, 0) is 20.7 Å². The van der Waals surface area contributed by atoms with Crippen LogP contribution in [-0.4, -0.2) is 45.6 Å². The van der Waals surface area contributed by atoms with Gasteiger partial charge in [0.05, 0.1) is 0 Å². The van der Waals surface area contributed by atoms with Gasteiger partial charge in [0.1, 0.15) is 23.4 Å². The van der Waals surface area contributed by atoms with Gasteiger partial charge in [-0.1, -0.05) is 54.1 Å². The van der Waals surface area contributed by atoms with E-state index in [1.54, 1.807) is 37.8 Å². The van der Waals surface area contributed by atoms with Gasteiger partial charge in [-0.3, -0.25) is 9.59 Å². The Morgan fingerprint density at radius 1 is 0.884 bits per heavy atom. The molecule has 8 nitrogen and oxygen atoms in total. The second kappa shape index (κ2) is 13.8. The maximum atomic E-state index is 14.6. The van der Waals surface area contributed by atoms with Gasteiger partial charge >= 0.3 is 6.09 Å². The maximum absolute atomic E-state index is 14.6. The third kappa shape index (κ3) is 8.83. The lowest BCUT2D eigenvalue weighted by Crippen LogP contribution is -2.55. The number of phenolic OH excluding ortho intramolecular Hbond substituents is 1. The molecule has 3 amide bonds. The number of nitrogens with one attached hydrogen (secondary N) is 2. The number of benzene rings is 3. The lowest BCUT2D eigenvalue weighted by molar-refractivity contribution is -0.142. The Kier molecular flexibility index (Phi) is 10.6. The molecule has 0 bridgehead atoms. The summed E-state index contributed by atoms with van der Waals surface area (Å²) in [5.41, 5.74) is 5.06. The molecule has 230 valence electrons. The molecule has 0 aliphatic carbocycles. The van der Waals surface area contributed by atoms with E-state index >= 15 is 0 Å². The molecular formula is C35H45N3O5. The second-order valence-corrected chi connectivity index (χ2v) is 12.4. The van der Waals surface area contributed by atoms with Crippen molar-refractivity contribution in [1.29, 1.82) is 0 Å². The summed E-state index contributed by atoms with van der Waals surface area (Å²) in [6.07, 6.45) is -0.615. The Hall–Kier alpha value is -4.33. The van der Waals surface area contributed by atoms with Crippen LogP contribution in [0.1, 0.15) is 74.0 Å². The van der Waals surface area contributed by atoms with Gasteiger partial charge in [-0.05, 0) is 102 Å². The number of hydrogen-bond acceptors (Lipinski definition) is 5. The van der Waals surface area contributed by atoms with Crippen LogP contribution >= 0.6 is 0 Å². The minimum Gasteiger partial charge on any atom is -0.508 e. The lowest BCUT2D eigenvalue weighted by atomic mass is 9.94. The summed E-state index contributed by atoms with van der Waals surface area (Å²) < 4.78 is 5.51. The summed E-state index contributed by atoms with van der Waals surface area (Å²) in [4.78, 5) is 43.4. The van der Waals surface area contributed by atoms with E-state index in [0.717, 1.165) is 27.8 Å². The number of ether oxygens (including phenoxy) is 1. The zero-order valence-electron chi connectivity index (χ0n) is 26.7. The Labute approximate surface area is 255 Å². The normalized spacial score (nSPS) is 12.8. The predicted molar refractivity (Wildman–Crippen MR) is 170 cm³/mol. The molecule has 0 aliphatic heterocycles. The van der Waals surface area contributed by atoms with Crippen molar-refractivity contribution < 1.29 is 24.2 Å². The van der Waals surface area contributed by atoms with Gasteiger partial charge < -0.3 is 25.4 Å². The van der Waals surface area contributed by atoms with Crippen molar-refractivity contribution in [1.82, 2.24) is 10.2 Å². The van der Waals surface area contributed by atoms with Gasteiger partial charge in [0.2, 0.25) is 5.91 Å². The largest absolute Gasteiger partial charge is 0.508 e. The van der Waals surface area contributed by atoms with Crippen molar-refractivity contribution in [2.45, 2.75) is 92.5 Å². The number of hydrogen-bond donors (Lipinski definition) is 3. The molecule has 3 rings (SSSR count). The van der Waals surface area contributed by atoms with E-state index in [2.05, 4.69) is 10.6 Å². The van der Waals surface area contributed by atoms with Gasteiger partial charge in [0.25, 0.3) is 5.91 Å². The van der Waals surface area contributed by atoms with Crippen LogP contribution in [0.25, 0.3) is 0 Å². The third-order valence-electron chi connectivity index (χ3n) is 7.15. The van der Waals surface area contributed by atoms with Crippen LogP contribution in [0.4, 0.5) is 10.5 Å². The molecule has 0 aliphatic rings. The summed E-state index contributed by atoms with van der Waals surface area (Å²) in [6.45, 7) is 16.7. The maximum Gasteiger partial charge on any atom is 0.408 e. The van der Waals surface area contributed by atoms with Crippen molar-refractivity contribution >= 4 is 23.6 Å². The Balaban J connectivity index is 2.12. The van der Waals surface area contributed by atoms with Crippen LogP contribution in [0, 0.1) is 27.7 Å². The molecule has 8 heteroatoms. The zero-order valence-corrected chi connectivity index (χ0v) is 26.7. The number of nitrogens with zero attached hydrogens (tertiary/aromatic N) is 1. The van der Waals surface area contributed by atoms with Gasteiger partial charge in [0, 0.05) is 18.2 Å². The quantitative estimate of drug-likeness (QED) is 0.259. The Morgan fingerprint density at radius 3 is 2.02 bits per heavy atom. The van der Waals surface area contributed by atoms with E-state index in [9.17, 15) is 19.5 Å². The summed E-state index contributed by atoms with van der Waals surface area (Å²) in [7, 11) is 0. The first kappa shape index (κ1) is 33.2. The number of amides is 3. The van der Waals surface area contributed by atoms with Crippen molar-refractivity contribution in [3.63, 3.8) is 0 Å². The standard InChI is InChI=1S/C35H45N3O5/c1-21(2)38(33(41)29(36-34(42)43-35(7,8)9)20-26-14-16-27(39)17-15-26)31(28-18-13-22(3)19-25(28)6)32(40)37-30-23(4)11-10-12-24(30)5/h10-19,21,29,31,39H,20H2,1-9H3,(H,36,42)(H,37,40). The summed E-state index contributed by atoms with van der Waals surface area (Å²) in [5, 5.41) is 15.7. The first-order valence-corrected chi connectivity index (χ1v) is 14.6. The van der Waals surface area contributed by atoms with E-state index < -0.39 is 35.7 Å². The first-order chi connectivity index (χ1) is 20.1. The topological polar surface area (TPSA) is 108 Å². The molecule has 43 heavy (non-hydrogen) atoms. The minimum atomic E-state index is -1.05. The van der Waals surface area contributed by atoms with Crippen molar-refractivity contribution in [2.75, 3.05) is 5.32 Å². The molecule has 0 saturated carbocycles. The molecule has 0 spiro atoms. The van der Waals surface area contributed by atoms with Gasteiger partial charge in [-0.2, -0.15) is 0 Å². The molecule has 0 saturated heterocycles. The summed E-state index contributed by atoms with van der Waals surface area (Å²) in [5.74, 6) is -0.698. The lowest BCUT2D eigenvalue weighted by Gasteiger charge is -2.38. The highest BCUT2D eigenvalue weighted by Gasteiger charge is 2.38. The molecule has 0 aromatic heterocycles. The molecule has 0 heterocycles. The third-order valence-corrected chi connectivity index (χ3v) is 7.15. The number of aromatic hydroxyl groups is 1. The molecule has 0 fully saturated rings. The fourth-order valence-corrected chi connectivity index (χ4v) is 5.13. The van der Waals surface area contributed by atoms with E-state index in [4.69, 9.17) is 4.74 Å². The highest BCUT2D eigenvalue weighted by Crippen LogP contribution is 2.31. The van der Waals surface area contributed by atoms with Crippen molar-refractivity contribution in [2.24, 2.45) is 0 Å². The molecule has 3 aromatic rings. The van der Waals surface area contributed by atoms with Crippen LogP contribution < -0.4 is 10.6 Å². The van der Waals surface area contributed by atoms with Crippen molar-refractivity contribution in [3.8, 4) is 5.75 Å². The van der Waals surface area contributed by atoms with E-state index in [1.165, 1.54) is 12.1 Å². The molecule has 2 unspecified atom stereocenters. The first-order valence-electron chi connectivity index (χ1n) is 14.6. The molecular weight excluding hydrogens is 542 g/mol. The Bertz CT molecular complexity index is 1440. The molecule has 0 radical (unpaired) electrons. The number of phenols is 1. The average Bonchev–Trinajstić information content (AvgIpc) is 2.89. The molecule has 3 aromatic carbocycles. The highest BCUT2D eigenvalue weighted by molar-refractivity contribution is 6.00. The predicted octanol–water partition coefficient (Wildman–Crippen LogP) is 6.68. The minimum absolute atomic E-state index is 0.0913.